The van der Waals surface area contributed by atoms with Crippen molar-refractivity contribution in [2.45, 2.75) is 13.2 Å². The van der Waals surface area contributed by atoms with Gasteiger partial charge in [0, 0.05) is 19.2 Å². The Morgan fingerprint density at radius 2 is 2.00 bits per heavy atom. The van der Waals surface area contributed by atoms with Crippen LogP contribution < -0.4 is 10.5 Å². The Labute approximate surface area is 96.3 Å². The molecule has 0 amide bonds. The van der Waals surface area contributed by atoms with Gasteiger partial charge >= 0.3 is 0 Å². The van der Waals surface area contributed by atoms with Gasteiger partial charge in [0.1, 0.15) is 5.75 Å². The van der Waals surface area contributed by atoms with Gasteiger partial charge in [-0.2, -0.15) is 0 Å². The summed E-state index contributed by atoms with van der Waals surface area (Å²) in [5.74, 6) is 0.828. The van der Waals surface area contributed by atoms with Crippen molar-refractivity contribution in [2.75, 3.05) is 27.4 Å². The molecule has 0 atom stereocenters. The first-order chi connectivity index (χ1) is 7.81. The van der Waals surface area contributed by atoms with Crippen molar-refractivity contribution >= 4 is 0 Å². The minimum atomic E-state index is 0.514. The highest BCUT2D eigenvalue weighted by molar-refractivity contribution is 5.36. The number of ether oxygens (including phenoxy) is 3. The molecule has 1 aromatic rings. The van der Waals surface area contributed by atoms with Gasteiger partial charge in [-0.15, -0.1) is 0 Å². The van der Waals surface area contributed by atoms with Crippen molar-refractivity contribution in [3.8, 4) is 5.75 Å². The average molecular weight is 225 g/mol. The van der Waals surface area contributed by atoms with Gasteiger partial charge in [-0.05, 0) is 17.7 Å². The molecule has 1 aromatic carbocycles. The highest BCUT2D eigenvalue weighted by Crippen LogP contribution is 2.20. The summed E-state index contributed by atoms with van der Waals surface area (Å²) in [6, 6.07) is 5.88. The molecular weight excluding hydrogens is 206 g/mol. The lowest BCUT2D eigenvalue weighted by Crippen LogP contribution is -2.04. The Morgan fingerprint density at radius 3 is 2.62 bits per heavy atom. The van der Waals surface area contributed by atoms with Crippen LogP contribution in [0.4, 0.5) is 0 Å². The molecule has 16 heavy (non-hydrogen) atoms. The normalized spacial score (nSPS) is 10.4. The van der Waals surface area contributed by atoms with Crippen molar-refractivity contribution in [2.24, 2.45) is 5.73 Å². The molecule has 0 spiro atoms. The molecule has 0 saturated carbocycles. The molecular formula is C12H19NO3. The van der Waals surface area contributed by atoms with Crippen molar-refractivity contribution in [3.05, 3.63) is 29.3 Å². The molecule has 2 N–H and O–H groups in total. The van der Waals surface area contributed by atoms with Crippen LogP contribution in [0.5, 0.6) is 5.75 Å². The summed E-state index contributed by atoms with van der Waals surface area (Å²) in [6.45, 7) is 2.21. The maximum Gasteiger partial charge on any atom is 0.124 e. The summed E-state index contributed by atoms with van der Waals surface area (Å²) in [5, 5.41) is 0. The van der Waals surface area contributed by atoms with Crippen molar-refractivity contribution in [1.29, 1.82) is 0 Å². The Morgan fingerprint density at radius 1 is 1.19 bits per heavy atom. The first-order valence-corrected chi connectivity index (χ1v) is 5.24. The molecule has 0 radical (unpaired) electrons. The fourth-order valence-electron chi connectivity index (χ4n) is 1.40. The van der Waals surface area contributed by atoms with Gasteiger partial charge in [0.05, 0.1) is 26.9 Å². The number of nitrogens with two attached hydrogens (primary N) is 1. The quantitative estimate of drug-likeness (QED) is 0.711. The smallest absolute Gasteiger partial charge is 0.124 e. The van der Waals surface area contributed by atoms with Gasteiger partial charge in [-0.25, -0.2) is 0 Å². The largest absolute Gasteiger partial charge is 0.496 e. The highest BCUT2D eigenvalue weighted by Gasteiger charge is 2.04. The Bertz CT molecular complexity index is 315. The van der Waals surface area contributed by atoms with E-state index < -0.39 is 0 Å². The van der Waals surface area contributed by atoms with Crippen molar-refractivity contribution < 1.29 is 14.2 Å². The second-order valence-electron chi connectivity index (χ2n) is 3.40. The minimum absolute atomic E-state index is 0.514. The first-order valence-electron chi connectivity index (χ1n) is 5.24. The van der Waals surface area contributed by atoms with Gasteiger partial charge in [0.15, 0.2) is 0 Å². The van der Waals surface area contributed by atoms with Gasteiger partial charge in [-0.3, -0.25) is 0 Å². The Hall–Kier alpha value is -1.10. The van der Waals surface area contributed by atoms with E-state index in [4.69, 9.17) is 19.9 Å². The Kier molecular flexibility index (Phi) is 5.85. The fraction of sp³-hybridized carbons (Fsp3) is 0.500. The molecule has 0 aliphatic carbocycles. The van der Waals surface area contributed by atoms with Gasteiger partial charge < -0.3 is 19.9 Å². The second-order valence-corrected chi connectivity index (χ2v) is 3.40. The van der Waals surface area contributed by atoms with E-state index in [0.717, 1.165) is 16.9 Å². The van der Waals surface area contributed by atoms with Crippen LogP contribution in [0, 0.1) is 0 Å². The van der Waals surface area contributed by atoms with E-state index in [1.54, 1.807) is 14.2 Å². The zero-order valence-corrected chi connectivity index (χ0v) is 9.86. The van der Waals surface area contributed by atoms with Gasteiger partial charge in [0.25, 0.3) is 0 Å². The van der Waals surface area contributed by atoms with E-state index in [2.05, 4.69) is 0 Å². The molecule has 0 aliphatic heterocycles. The second kappa shape index (κ2) is 7.22. The SMILES string of the molecule is COCCOCc1cc(CN)ccc1OC. The maximum atomic E-state index is 5.58. The number of hydrogen-bond acceptors (Lipinski definition) is 4. The summed E-state index contributed by atoms with van der Waals surface area (Å²) in [7, 11) is 3.30. The third-order valence-corrected chi connectivity index (χ3v) is 2.27. The van der Waals surface area contributed by atoms with Crippen LogP contribution in [0.3, 0.4) is 0 Å². The number of methoxy groups -OCH3 is 2. The van der Waals surface area contributed by atoms with E-state index >= 15 is 0 Å². The van der Waals surface area contributed by atoms with Crippen LogP contribution >= 0.6 is 0 Å². The van der Waals surface area contributed by atoms with Crippen molar-refractivity contribution in [1.82, 2.24) is 0 Å². The van der Waals surface area contributed by atoms with E-state index in [1.807, 2.05) is 18.2 Å². The molecule has 0 bridgehead atoms. The predicted octanol–water partition coefficient (Wildman–Crippen LogP) is 1.32. The van der Waals surface area contributed by atoms with E-state index in [1.165, 1.54) is 0 Å². The number of hydrogen-bond donors (Lipinski definition) is 1. The van der Waals surface area contributed by atoms with Crippen LogP contribution in [-0.4, -0.2) is 27.4 Å². The minimum Gasteiger partial charge on any atom is -0.496 e. The summed E-state index contributed by atoms with van der Waals surface area (Å²) in [4.78, 5) is 0. The lowest BCUT2D eigenvalue weighted by molar-refractivity contribution is 0.0607. The lowest BCUT2D eigenvalue weighted by Gasteiger charge is -2.10. The summed E-state index contributed by atoms with van der Waals surface area (Å²) in [5.41, 5.74) is 7.68. The molecule has 0 aromatic heterocycles. The molecule has 90 valence electrons. The fourth-order valence-corrected chi connectivity index (χ4v) is 1.40. The summed E-state index contributed by atoms with van der Waals surface area (Å²) in [6.07, 6.45) is 0. The lowest BCUT2D eigenvalue weighted by atomic mass is 10.1. The summed E-state index contributed by atoms with van der Waals surface area (Å²) < 4.78 is 15.6. The Balaban J connectivity index is 2.60. The topological polar surface area (TPSA) is 53.7 Å². The van der Waals surface area contributed by atoms with Crippen LogP contribution in [0.1, 0.15) is 11.1 Å². The monoisotopic (exact) mass is 225 g/mol. The predicted molar refractivity (Wildman–Crippen MR) is 62.4 cm³/mol. The molecule has 4 nitrogen and oxygen atoms in total. The third kappa shape index (κ3) is 3.81. The number of benzene rings is 1. The molecule has 0 fully saturated rings. The molecule has 4 heteroatoms. The third-order valence-electron chi connectivity index (χ3n) is 2.27. The molecule has 0 unspecified atom stereocenters. The van der Waals surface area contributed by atoms with E-state index in [9.17, 15) is 0 Å². The van der Waals surface area contributed by atoms with Crippen LogP contribution in [0.15, 0.2) is 18.2 Å². The molecule has 1 rings (SSSR count). The highest BCUT2D eigenvalue weighted by atomic mass is 16.5. The summed E-state index contributed by atoms with van der Waals surface area (Å²) >= 11 is 0. The zero-order chi connectivity index (χ0) is 11.8. The molecule has 0 saturated heterocycles. The number of rotatable bonds is 7. The van der Waals surface area contributed by atoms with Crippen LogP contribution in [0.2, 0.25) is 0 Å². The maximum absolute atomic E-state index is 5.58. The van der Waals surface area contributed by atoms with Crippen LogP contribution in [0.25, 0.3) is 0 Å². The first kappa shape index (κ1) is 13.0. The van der Waals surface area contributed by atoms with E-state index in [0.29, 0.717) is 26.4 Å². The zero-order valence-electron chi connectivity index (χ0n) is 9.86. The van der Waals surface area contributed by atoms with Crippen molar-refractivity contribution in [3.63, 3.8) is 0 Å². The van der Waals surface area contributed by atoms with E-state index in [-0.39, 0.29) is 0 Å². The molecule has 0 heterocycles. The van der Waals surface area contributed by atoms with Gasteiger partial charge in [0.2, 0.25) is 0 Å². The standard InChI is InChI=1S/C12H19NO3/c1-14-5-6-16-9-11-7-10(8-13)3-4-12(11)15-2/h3-4,7H,5-6,8-9,13H2,1-2H3. The molecule has 0 aliphatic rings. The van der Waals surface area contributed by atoms with Crippen LogP contribution in [-0.2, 0) is 22.6 Å². The average Bonchev–Trinajstić information content (AvgIpc) is 2.34. The van der Waals surface area contributed by atoms with Gasteiger partial charge in [-0.1, -0.05) is 6.07 Å².